The molecule has 3 N–H and O–H groups in total. The van der Waals surface area contributed by atoms with Crippen molar-refractivity contribution in [3.8, 4) is 0 Å². The zero-order valence-electron chi connectivity index (χ0n) is 15.4. The van der Waals surface area contributed by atoms with Gasteiger partial charge in [-0.3, -0.25) is 5.10 Å². The summed E-state index contributed by atoms with van der Waals surface area (Å²) in [6, 6.07) is 13.0. The van der Waals surface area contributed by atoms with E-state index in [0.29, 0.717) is 6.54 Å². The van der Waals surface area contributed by atoms with Gasteiger partial charge < -0.3 is 15.2 Å². The standard InChI is InChI=1S/C21H22ClN3O3/c22-16-4-2-15(3-5-16)21(7-9-28-10-8-21)13-23-12-19-17-11-14(20(26)27)1-6-18(17)24-25-19/h1-6,11,23H,7-10,12-13H2,(H,24,25)(H,26,27). The van der Waals surface area contributed by atoms with Crippen LogP contribution in [0.25, 0.3) is 10.9 Å². The number of carboxylic acids is 1. The topological polar surface area (TPSA) is 87.2 Å². The maximum absolute atomic E-state index is 11.3. The molecule has 7 heteroatoms. The van der Waals surface area contributed by atoms with Gasteiger partial charge in [-0.1, -0.05) is 23.7 Å². The Hall–Kier alpha value is -2.41. The summed E-state index contributed by atoms with van der Waals surface area (Å²) in [6.07, 6.45) is 1.88. The third kappa shape index (κ3) is 3.76. The zero-order valence-corrected chi connectivity index (χ0v) is 16.1. The largest absolute Gasteiger partial charge is 0.478 e. The van der Waals surface area contributed by atoms with E-state index < -0.39 is 5.97 Å². The lowest BCUT2D eigenvalue weighted by Gasteiger charge is -2.38. The lowest BCUT2D eigenvalue weighted by molar-refractivity contribution is 0.0497. The first-order valence-electron chi connectivity index (χ1n) is 9.32. The van der Waals surface area contributed by atoms with Crippen molar-refractivity contribution in [3.05, 3.63) is 64.3 Å². The van der Waals surface area contributed by atoms with Crippen molar-refractivity contribution in [2.24, 2.45) is 0 Å². The minimum atomic E-state index is -0.939. The van der Waals surface area contributed by atoms with Crippen molar-refractivity contribution in [3.63, 3.8) is 0 Å². The Kier molecular flexibility index (Phi) is 5.35. The Bertz CT molecular complexity index is 978. The van der Waals surface area contributed by atoms with Crippen LogP contribution in [0.3, 0.4) is 0 Å². The monoisotopic (exact) mass is 399 g/mol. The number of nitrogens with one attached hydrogen (secondary N) is 2. The minimum absolute atomic E-state index is 0.00904. The van der Waals surface area contributed by atoms with Gasteiger partial charge in [-0.25, -0.2) is 4.79 Å². The smallest absolute Gasteiger partial charge is 0.335 e. The molecule has 1 aliphatic rings. The molecule has 0 aliphatic carbocycles. The predicted octanol–water partition coefficient (Wildman–Crippen LogP) is 3.75. The molecule has 2 aromatic carbocycles. The van der Waals surface area contributed by atoms with E-state index >= 15 is 0 Å². The van der Waals surface area contributed by atoms with Crippen LogP contribution in [-0.4, -0.2) is 41.0 Å². The summed E-state index contributed by atoms with van der Waals surface area (Å²) in [7, 11) is 0. The van der Waals surface area contributed by atoms with Gasteiger partial charge in [0.2, 0.25) is 0 Å². The Balaban J connectivity index is 1.52. The molecule has 1 saturated heterocycles. The third-order valence-electron chi connectivity index (χ3n) is 5.55. The molecule has 146 valence electrons. The molecule has 1 aliphatic heterocycles. The van der Waals surface area contributed by atoms with Crippen LogP contribution in [-0.2, 0) is 16.7 Å². The van der Waals surface area contributed by atoms with Gasteiger partial charge >= 0.3 is 5.97 Å². The molecular formula is C21H22ClN3O3. The fourth-order valence-corrected chi connectivity index (χ4v) is 4.02. The van der Waals surface area contributed by atoms with E-state index in [2.05, 4.69) is 27.6 Å². The summed E-state index contributed by atoms with van der Waals surface area (Å²) in [4.78, 5) is 11.3. The van der Waals surface area contributed by atoms with Gasteiger partial charge in [-0.15, -0.1) is 0 Å². The number of hydrogen-bond acceptors (Lipinski definition) is 4. The van der Waals surface area contributed by atoms with Crippen LogP contribution in [0.1, 0.15) is 34.5 Å². The van der Waals surface area contributed by atoms with Crippen LogP contribution in [0.15, 0.2) is 42.5 Å². The molecule has 1 aromatic heterocycles. The van der Waals surface area contributed by atoms with Gasteiger partial charge in [-0.05, 0) is 48.7 Å². The van der Waals surface area contributed by atoms with Crippen molar-refractivity contribution < 1.29 is 14.6 Å². The van der Waals surface area contributed by atoms with E-state index in [9.17, 15) is 9.90 Å². The first kappa shape index (κ1) is 18.9. The lowest BCUT2D eigenvalue weighted by Crippen LogP contribution is -2.42. The summed E-state index contributed by atoms with van der Waals surface area (Å²) in [6.45, 7) is 2.84. The average molecular weight is 400 g/mol. The molecule has 0 spiro atoms. The van der Waals surface area contributed by atoms with Crippen molar-refractivity contribution in [2.45, 2.75) is 24.8 Å². The number of halogens is 1. The second-order valence-corrected chi connectivity index (χ2v) is 7.68. The zero-order chi connectivity index (χ0) is 19.6. The summed E-state index contributed by atoms with van der Waals surface area (Å²) >= 11 is 6.07. The number of nitrogens with zero attached hydrogens (tertiary/aromatic N) is 1. The van der Waals surface area contributed by atoms with Crippen molar-refractivity contribution in [2.75, 3.05) is 19.8 Å². The highest BCUT2D eigenvalue weighted by molar-refractivity contribution is 6.30. The van der Waals surface area contributed by atoms with Crippen molar-refractivity contribution >= 4 is 28.5 Å². The number of aromatic nitrogens is 2. The van der Waals surface area contributed by atoms with E-state index in [-0.39, 0.29) is 11.0 Å². The number of fused-ring (bicyclic) bond motifs is 1. The fraction of sp³-hybridized carbons (Fsp3) is 0.333. The Labute approximate surface area is 167 Å². The van der Waals surface area contributed by atoms with E-state index in [4.69, 9.17) is 16.3 Å². The van der Waals surface area contributed by atoms with Crippen LogP contribution >= 0.6 is 11.6 Å². The predicted molar refractivity (Wildman–Crippen MR) is 108 cm³/mol. The molecule has 0 bridgehead atoms. The number of ether oxygens (including phenoxy) is 1. The Morgan fingerprint density at radius 3 is 2.68 bits per heavy atom. The molecule has 3 aromatic rings. The van der Waals surface area contributed by atoms with Gasteiger partial charge in [0.05, 0.1) is 16.8 Å². The number of hydrogen-bond donors (Lipinski definition) is 3. The molecule has 28 heavy (non-hydrogen) atoms. The number of benzene rings is 2. The molecule has 2 heterocycles. The fourth-order valence-electron chi connectivity index (χ4n) is 3.89. The second-order valence-electron chi connectivity index (χ2n) is 7.24. The van der Waals surface area contributed by atoms with Crippen LogP contribution in [0.4, 0.5) is 0 Å². The lowest BCUT2D eigenvalue weighted by atomic mass is 9.74. The summed E-state index contributed by atoms with van der Waals surface area (Å²) in [5, 5.41) is 21.6. The van der Waals surface area contributed by atoms with Gasteiger partial charge in [0.1, 0.15) is 0 Å². The van der Waals surface area contributed by atoms with Gasteiger partial charge in [0.15, 0.2) is 0 Å². The van der Waals surface area contributed by atoms with Gasteiger partial charge in [0, 0.05) is 42.1 Å². The highest BCUT2D eigenvalue weighted by Gasteiger charge is 2.34. The van der Waals surface area contributed by atoms with E-state index in [1.807, 2.05) is 12.1 Å². The quantitative estimate of drug-likeness (QED) is 0.587. The van der Waals surface area contributed by atoms with Crippen LogP contribution in [0.5, 0.6) is 0 Å². The highest BCUT2D eigenvalue weighted by Crippen LogP contribution is 2.35. The Morgan fingerprint density at radius 2 is 1.96 bits per heavy atom. The normalized spacial score (nSPS) is 16.3. The maximum Gasteiger partial charge on any atom is 0.335 e. The number of aromatic amines is 1. The highest BCUT2D eigenvalue weighted by atomic mass is 35.5. The molecular weight excluding hydrogens is 378 g/mol. The maximum atomic E-state index is 11.3. The van der Waals surface area contributed by atoms with Crippen LogP contribution in [0, 0.1) is 0 Å². The number of rotatable bonds is 6. The second kappa shape index (κ2) is 7.91. The SMILES string of the molecule is O=C(O)c1ccc2n[nH]c(CNCC3(c4ccc(Cl)cc4)CCOCC3)c2c1. The molecule has 6 nitrogen and oxygen atoms in total. The van der Waals surface area contributed by atoms with Crippen LogP contribution < -0.4 is 5.32 Å². The molecule has 0 amide bonds. The first-order valence-corrected chi connectivity index (χ1v) is 9.70. The average Bonchev–Trinajstić information content (AvgIpc) is 3.11. The number of carbonyl (C=O) groups is 1. The first-order chi connectivity index (χ1) is 13.6. The molecule has 1 fully saturated rings. The molecule has 4 rings (SSSR count). The Morgan fingerprint density at radius 1 is 1.21 bits per heavy atom. The van der Waals surface area contributed by atoms with Crippen molar-refractivity contribution in [1.29, 1.82) is 0 Å². The van der Waals surface area contributed by atoms with E-state index in [0.717, 1.165) is 54.2 Å². The summed E-state index contributed by atoms with van der Waals surface area (Å²) in [5.74, 6) is -0.939. The molecule has 0 radical (unpaired) electrons. The number of carboxylic acid groups (broad SMARTS) is 1. The summed E-state index contributed by atoms with van der Waals surface area (Å²) < 4.78 is 5.59. The van der Waals surface area contributed by atoms with Crippen LogP contribution in [0.2, 0.25) is 5.02 Å². The number of H-pyrrole nitrogens is 1. The molecule has 0 unspecified atom stereocenters. The minimum Gasteiger partial charge on any atom is -0.478 e. The van der Waals surface area contributed by atoms with E-state index in [1.165, 1.54) is 5.56 Å². The van der Waals surface area contributed by atoms with Gasteiger partial charge in [0.25, 0.3) is 0 Å². The molecule has 0 saturated carbocycles. The third-order valence-corrected chi connectivity index (χ3v) is 5.80. The molecule has 0 atom stereocenters. The van der Waals surface area contributed by atoms with Gasteiger partial charge in [-0.2, -0.15) is 5.10 Å². The summed E-state index contributed by atoms with van der Waals surface area (Å²) in [5.41, 5.74) is 3.16. The van der Waals surface area contributed by atoms with E-state index in [1.54, 1.807) is 18.2 Å². The number of aromatic carboxylic acids is 1. The van der Waals surface area contributed by atoms with Crippen molar-refractivity contribution in [1.82, 2.24) is 15.5 Å².